The second-order valence-corrected chi connectivity index (χ2v) is 6.59. The number of phenols is 2. The summed E-state index contributed by atoms with van der Waals surface area (Å²) in [5, 5.41) is 20.9. The maximum atomic E-state index is 12.6. The third-order valence-corrected chi connectivity index (χ3v) is 5.22. The summed E-state index contributed by atoms with van der Waals surface area (Å²) in [5.41, 5.74) is 2.61. The fourth-order valence-electron chi connectivity index (χ4n) is 4.35. The summed E-state index contributed by atoms with van der Waals surface area (Å²) in [5.74, 6) is -0.152. The van der Waals surface area contributed by atoms with Crippen molar-refractivity contribution in [1.82, 2.24) is 0 Å². The molecule has 4 rings (SSSR count). The number of hydrogen-bond acceptors (Lipinski definition) is 4. The van der Waals surface area contributed by atoms with E-state index in [1.54, 1.807) is 24.3 Å². The Morgan fingerprint density at radius 2 is 1.17 bits per heavy atom. The molecule has 0 unspecified atom stereocenters. The van der Waals surface area contributed by atoms with E-state index in [2.05, 4.69) is 0 Å². The van der Waals surface area contributed by atoms with Gasteiger partial charge in [0.15, 0.2) is 11.6 Å². The Bertz CT molecular complexity index is 833. The summed E-state index contributed by atoms with van der Waals surface area (Å²) in [6.07, 6.45) is 0.215. The van der Waals surface area contributed by atoms with Gasteiger partial charge in [0.25, 0.3) is 0 Å². The number of aromatic hydroxyl groups is 2. The van der Waals surface area contributed by atoms with Gasteiger partial charge in [0, 0.05) is 40.5 Å². The van der Waals surface area contributed by atoms with Crippen LogP contribution in [0.1, 0.15) is 55.8 Å². The predicted molar refractivity (Wildman–Crippen MR) is 84.4 cm³/mol. The Morgan fingerprint density at radius 3 is 1.57 bits per heavy atom. The van der Waals surface area contributed by atoms with Gasteiger partial charge in [-0.05, 0) is 37.1 Å². The van der Waals surface area contributed by atoms with E-state index in [4.69, 9.17) is 0 Å². The fraction of sp³-hybridized carbons (Fsp3) is 0.263. The fourth-order valence-corrected chi connectivity index (χ4v) is 4.35. The van der Waals surface area contributed by atoms with Crippen LogP contribution in [0.5, 0.6) is 11.5 Å². The summed E-state index contributed by atoms with van der Waals surface area (Å²) < 4.78 is 0. The topological polar surface area (TPSA) is 74.6 Å². The molecule has 0 aromatic heterocycles. The summed E-state index contributed by atoms with van der Waals surface area (Å²) in [6.45, 7) is 3.64. The molecule has 2 aromatic rings. The van der Waals surface area contributed by atoms with Gasteiger partial charge in [-0.25, -0.2) is 0 Å². The molecule has 0 radical (unpaired) electrons. The molecule has 4 heteroatoms. The van der Waals surface area contributed by atoms with E-state index in [-0.39, 0.29) is 35.9 Å². The van der Waals surface area contributed by atoms with Crippen molar-refractivity contribution in [3.8, 4) is 11.5 Å². The first-order valence-electron chi connectivity index (χ1n) is 7.59. The minimum absolute atomic E-state index is 0.0120. The molecule has 2 aliphatic rings. The number of Topliss-reactive ketones (excluding diaryl/α,β-unsaturated/α-hetero) is 2. The van der Waals surface area contributed by atoms with E-state index in [0.717, 1.165) is 11.1 Å². The molecule has 23 heavy (non-hydrogen) atoms. The monoisotopic (exact) mass is 308 g/mol. The van der Waals surface area contributed by atoms with Gasteiger partial charge in [0.05, 0.1) is 0 Å². The third kappa shape index (κ3) is 1.55. The van der Waals surface area contributed by atoms with Crippen LogP contribution < -0.4 is 0 Å². The number of benzene rings is 2. The molecular formula is C19H16O4. The van der Waals surface area contributed by atoms with Crippen LogP contribution in [0.3, 0.4) is 0 Å². The van der Waals surface area contributed by atoms with Crippen molar-refractivity contribution < 1.29 is 19.8 Å². The van der Waals surface area contributed by atoms with E-state index >= 15 is 0 Å². The van der Waals surface area contributed by atoms with Crippen LogP contribution in [0.15, 0.2) is 24.3 Å². The van der Waals surface area contributed by atoms with Crippen molar-refractivity contribution in [2.45, 2.75) is 32.1 Å². The second-order valence-electron chi connectivity index (χ2n) is 6.59. The zero-order valence-corrected chi connectivity index (χ0v) is 12.9. The SMILES string of the molecule is Cc1ccc(O)c2c1C(=O)CC21CC(=O)c2c(C)ccc(O)c21. The van der Waals surface area contributed by atoms with E-state index in [9.17, 15) is 19.8 Å². The Kier molecular flexibility index (Phi) is 2.57. The van der Waals surface area contributed by atoms with Gasteiger partial charge < -0.3 is 10.2 Å². The van der Waals surface area contributed by atoms with Crippen LogP contribution in [0, 0.1) is 13.8 Å². The average Bonchev–Trinajstić information content (AvgIpc) is 2.95. The van der Waals surface area contributed by atoms with Gasteiger partial charge >= 0.3 is 0 Å². The summed E-state index contributed by atoms with van der Waals surface area (Å²) >= 11 is 0. The molecule has 0 bridgehead atoms. The maximum Gasteiger partial charge on any atom is 0.164 e. The number of fused-ring (bicyclic) bond motifs is 4. The number of carbonyl (C=O) groups is 2. The molecular weight excluding hydrogens is 292 g/mol. The first-order valence-corrected chi connectivity index (χ1v) is 7.59. The first kappa shape index (κ1) is 14.0. The van der Waals surface area contributed by atoms with E-state index in [1.165, 1.54) is 0 Å². The van der Waals surface area contributed by atoms with E-state index in [1.807, 2.05) is 13.8 Å². The van der Waals surface area contributed by atoms with Crippen molar-refractivity contribution in [2.24, 2.45) is 0 Å². The average molecular weight is 308 g/mol. The van der Waals surface area contributed by atoms with Crippen molar-refractivity contribution in [3.63, 3.8) is 0 Å². The van der Waals surface area contributed by atoms with Gasteiger partial charge in [-0.15, -0.1) is 0 Å². The van der Waals surface area contributed by atoms with E-state index in [0.29, 0.717) is 22.3 Å². The lowest BCUT2D eigenvalue weighted by Crippen LogP contribution is -2.22. The Balaban J connectivity index is 2.14. The summed E-state index contributed by atoms with van der Waals surface area (Å²) in [6, 6.07) is 6.53. The first-order chi connectivity index (χ1) is 10.9. The molecule has 1 spiro atoms. The highest BCUT2D eigenvalue weighted by atomic mass is 16.3. The molecule has 0 saturated carbocycles. The minimum atomic E-state index is -0.939. The third-order valence-electron chi connectivity index (χ3n) is 5.22. The molecule has 0 fully saturated rings. The lowest BCUT2D eigenvalue weighted by Gasteiger charge is -2.26. The number of carbonyl (C=O) groups excluding carboxylic acids is 2. The normalized spacial score (nSPS) is 17.7. The number of hydrogen-bond donors (Lipinski definition) is 2. The minimum Gasteiger partial charge on any atom is -0.508 e. The molecule has 2 aliphatic carbocycles. The van der Waals surface area contributed by atoms with Crippen LogP contribution in [-0.4, -0.2) is 21.8 Å². The number of ketones is 2. The standard InChI is InChI=1S/C19H16O4/c1-9-3-5-11(20)17-15(9)13(22)7-19(17)8-14(23)16-10(2)4-6-12(21)18(16)19/h3-6,20-21H,7-8H2,1-2H3. The van der Waals surface area contributed by atoms with Crippen LogP contribution in [0.25, 0.3) is 0 Å². The predicted octanol–water partition coefficient (Wildman–Crippen LogP) is 3.17. The second kappa shape index (κ2) is 4.22. The smallest absolute Gasteiger partial charge is 0.164 e. The van der Waals surface area contributed by atoms with Crippen molar-refractivity contribution in [3.05, 3.63) is 57.6 Å². The maximum absolute atomic E-state index is 12.6. The molecule has 4 nitrogen and oxygen atoms in total. The molecule has 0 heterocycles. The largest absolute Gasteiger partial charge is 0.508 e. The van der Waals surface area contributed by atoms with E-state index < -0.39 is 5.41 Å². The zero-order chi connectivity index (χ0) is 16.5. The molecule has 116 valence electrons. The summed E-state index contributed by atoms with van der Waals surface area (Å²) in [7, 11) is 0. The van der Waals surface area contributed by atoms with Gasteiger partial charge in [-0.2, -0.15) is 0 Å². The highest BCUT2D eigenvalue weighted by Gasteiger charge is 2.55. The van der Waals surface area contributed by atoms with Crippen LogP contribution in [0.2, 0.25) is 0 Å². The molecule has 2 N–H and O–H groups in total. The summed E-state index contributed by atoms with van der Waals surface area (Å²) in [4.78, 5) is 25.2. The van der Waals surface area contributed by atoms with Crippen LogP contribution in [0.4, 0.5) is 0 Å². The highest BCUT2D eigenvalue weighted by Crippen LogP contribution is 2.58. The molecule has 2 aromatic carbocycles. The number of phenolic OH excluding ortho intramolecular Hbond substituents is 2. The van der Waals surface area contributed by atoms with Gasteiger partial charge in [-0.3, -0.25) is 9.59 Å². The van der Waals surface area contributed by atoms with Crippen molar-refractivity contribution in [2.75, 3.05) is 0 Å². The quantitative estimate of drug-likeness (QED) is 0.784. The Hall–Kier alpha value is -2.62. The Labute approximate surface area is 133 Å². The van der Waals surface area contributed by atoms with Crippen molar-refractivity contribution in [1.29, 1.82) is 0 Å². The van der Waals surface area contributed by atoms with Gasteiger partial charge in [0.1, 0.15) is 11.5 Å². The molecule has 0 atom stereocenters. The zero-order valence-electron chi connectivity index (χ0n) is 12.9. The highest BCUT2D eigenvalue weighted by molar-refractivity contribution is 6.12. The van der Waals surface area contributed by atoms with Crippen LogP contribution in [-0.2, 0) is 5.41 Å². The van der Waals surface area contributed by atoms with Gasteiger partial charge in [-0.1, -0.05) is 12.1 Å². The number of rotatable bonds is 0. The van der Waals surface area contributed by atoms with Crippen LogP contribution >= 0.6 is 0 Å². The lowest BCUT2D eigenvalue weighted by atomic mass is 9.75. The number of aryl methyl sites for hydroxylation is 2. The molecule has 0 saturated heterocycles. The van der Waals surface area contributed by atoms with Gasteiger partial charge in [0.2, 0.25) is 0 Å². The molecule has 0 amide bonds. The lowest BCUT2D eigenvalue weighted by molar-refractivity contribution is 0.0957. The molecule has 0 aliphatic heterocycles. The van der Waals surface area contributed by atoms with Crippen molar-refractivity contribution >= 4 is 11.6 Å². The Morgan fingerprint density at radius 1 is 0.783 bits per heavy atom.